The second-order valence-electron chi connectivity index (χ2n) is 5.17. The summed E-state index contributed by atoms with van der Waals surface area (Å²) in [6.45, 7) is 4.05. The zero-order valence-electron chi connectivity index (χ0n) is 13.0. The standard InChI is InChI=1S/C16H18F2N2O2S/c1-10-15(11(2)22-20-10)8-23-9-16(21)19-4-3-12-5-13(17)7-14(18)6-12/h5-7H,3-4,8-9H2,1-2H3,(H,19,21). The van der Waals surface area contributed by atoms with Gasteiger partial charge in [0.25, 0.3) is 0 Å². The van der Waals surface area contributed by atoms with Gasteiger partial charge in [-0.25, -0.2) is 8.78 Å². The number of hydrogen-bond donors (Lipinski definition) is 1. The van der Waals surface area contributed by atoms with Crippen molar-refractivity contribution in [3.63, 3.8) is 0 Å². The van der Waals surface area contributed by atoms with Gasteiger partial charge in [-0.05, 0) is 38.0 Å². The Balaban J connectivity index is 1.69. The van der Waals surface area contributed by atoms with Crippen molar-refractivity contribution in [3.8, 4) is 0 Å². The number of amides is 1. The van der Waals surface area contributed by atoms with E-state index < -0.39 is 11.6 Å². The third kappa shape index (κ3) is 5.35. The van der Waals surface area contributed by atoms with Gasteiger partial charge in [0.1, 0.15) is 17.4 Å². The maximum absolute atomic E-state index is 13.0. The number of carbonyl (C=O) groups excluding carboxylic acids is 1. The summed E-state index contributed by atoms with van der Waals surface area (Å²) in [6.07, 6.45) is 0.384. The molecule has 0 radical (unpaired) electrons. The number of nitrogens with one attached hydrogen (secondary N) is 1. The van der Waals surface area contributed by atoms with Gasteiger partial charge in [-0.1, -0.05) is 5.16 Å². The SMILES string of the molecule is Cc1noc(C)c1CSCC(=O)NCCc1cc(F)cc(F)c1. The van der Waals surface area contributed by atoms with E-state index in [0.717, 1.165) is 23.1 Å². The Bertz CT molecular complexity index is 649. The molecule has 0 bridgehead atoms. The normalized spacial score (nSPS) is 10.8. The van der Waals surface area contributed by atoms with Gasteiger partial charge in [-0.2, -0.15) is 0 Å². The zero-order valence-corrected chi connectivity index (χ0v) is 13.8. The molecule has 0 unspecified atom stereocenters. The molecule has 0 saturated heterocycles. The van der Waals surface area contributed by atoms with Crippen LogP contribution in [0.5, 0.6) is 0 Å². The third-order valence-electron chi connectivity index (χ3n) is 3.32. The first-order valence-corrected chi connectivity index (χ1v) is 8.32. The molecule has 1 aromatic heterocycles. The molecule has 1 heterocycles. The van der Waals surface area contributed by atoms with Crippen LogP contribution in [0.25, 0.3) is 0 Å². The predicted octanol–water partition coefficient (Wildman–Crippen LogP) is 3.16. The summed E-state index contributed by atoms with van der Waals surface area (Å²) in [5.74, 6) is 0.399. The van der Waals surface area contributed by atoms with Crippen molar-refractivity contribution >= 4 is 17.7 Å². The highest BCUT2D eigenvalue weighted by Crippen LogP contribution is 2.19. The first kappa shape index (κ1) is 17.5. The van der Waals surface area contributed by atoms with Gasteiger partial charge < -0.3 is 9.84 Å². The number of benzene rings is 1. The van der Waals surface area contributed by atoms with E-state index in [1.54, 1.807) is 0 Å². The van der Waals surface area contributed by atoms with Gasteiger partial charge in [0.15, 0.2) is 0 Å². The second-order valence-corrected chi connectivity index (χ2v) is 6.16. The fourth-order valence-electron chi connectivity index (χ4n) is 2.11. The summed E-state index contributed by atoms with van der Waals surface area (Å²) in [7, 11) is 0. The van der Waals surface area contributed by atoms with E-state index in [2.05, 4.69) is 10.5 Å². The Labute approximate surface area is 137 Å². The van der Waals surface area contributed by atoms with E-state index in [4.69, 9.17) is 4.52 Å². The lowest BCUT2D eigenvalue weighted by atomic mass is 10.1. The second kappa shape index (κ2) is 8.10. The van der Waals surface area contributed by atoms with Crippen LogP contribution in [0.4, 0.5) is 8.78 Å². The van der Waals surface area contributed by atoms with Crippen LogP contribution < -0.4 is 5.32 Å². The van der Waals surface area contributed by atoms with Crippen LogP contribution in [0, 0.1) is 25.5 Å². The molecule has 1 aromatic carbocycles. The Morgan fingerprint density at radius 3 is 2.57 bits per heavy atom. The van der Waals surface area contributed by atoms with Crippen molar-refractivity contribution in [1.29, 1.82) is 0 Å². The molecule has 23 heavy (non-hydrogen) atoms. The van der Waals surface area contributed by atoms with Crippen molar-refractivity contribution in [2.75, 3.05) is 12.3 Å². The van der Waals surface area contributed by atoms with Crippen LogP contribution in [-0.2, 0) is 17.0 Å². The highest BCUT2D eigenvalue weighted by Gasteiger charge is 2.10. The summed E-state index contributed by atoms with van der Waals surface area (Å²) in [5.41, 5.74) is 2.37. The quantitative estimate of drug-likeness (QED) is 0.841. The molecule has 0 aliphatic heterocycles. The number of halogens is 2. The summed E-state index contributed by atoms with van der Waals surface area (Å²) < 4.78 is 31.1. The molecular weight excluding hydrogens is 322 g/mol. The van der Waals surface area contributed by atoms with Gasteiger partial charge in [0, 0.05) is 23.9 Å². The van der Waals surface area contributed by atoms with Gasteiger partial charge in [-0.3, -0.25) is 4.79 Å². The fourth-order valence-corrected chi connectivity index (χ4v) is 3.11. The van der Waals surface area contributed by atoms with Crippen molar-refractivity contribution in [2.24, 2.45) is 0 Å². The van der Waals surface area contributed by atoms with E-state index in [9.17, 15) is 13.6 Å². The molecule has 1 amide bonds. The molecule has 1 N–H and O–H groups in total. The largest absolute Gasteiger partial charge is 0.361 e. The topological polar surface area (TPSA) is 55.1 Å². The number of thioether (sulfide) groups is 1. The molecule has 7 heteroatoms. The molecule has 124 valence electrons. The minimum absolute atomic E-state index is 0.112. The summed E-state index contributed by atoms with van der Waals surface area (Å²) in [5, 5.41) is 6.60. The minimum atomic E-state index is -0.610. The lowest BCUT2D eigenvalue weighted by Gasteiger charge is -2.06. The summed E-state index contributed by atoms with van der Waals surface area (Å²) in [6, 6.07) is 3.36. The lowest BCUT2D eigenvalue weighted by molar-refractivity contribution is -0.118. The van der Waals surface area contributed by atoms with Gasteiger partial charge >= 0.3 is 0 Å². The maximum atomic E-state index is 13.0. The first-order chi connectivity index (χ1) is 11.0. The average molecular weight is 340 g/mol. The maximum Gasteiger partial charge on any atom is 0.230 e. The van der Waals surface area contributed by atoms with E-state index in [1.165, 1.54) is 23.9 Å². The number of aryl methyl sites for hydroxylation is 2. The number of hydrogen-bond acceptors (Lipinski definition) is 4. The van der Waals surface area contributed by atoms with Gasteiger partial charge in [-0.15, -0.1) is 11.8 Å². The smallest absolute Gasteiger partial charge is 0.230 e. The molecule has 2 aromatic rings. The molecule has 0 atom stereocenters. The monoisotopic (exact) mass is 340 g/mol. The van der Waals surface area contributed by atoms with Crippen molar-refractivity contribution < 1.29 is 18.1 Å². The van der Waals surface area contributed by atoms with Crippen molar-refractivity contribution in [3.05, 3.63) is 52.4 Å². The number of carbonyl (C=O) groups is 1. The van der Waals surface area contributed by atoms with Crippen LogP contribution >= 0.6 is 11.8 Å². The third-order valence-corrected chi connectivity index (χ3v) is 4.28. The molecule has 2 rings (SSSR count). The molecule has 0 spiro atoms. The van der Waals surface area contributed by atoms with Crippen LogP contribution in [-0.4, -0.2) is 23.4 Å². The van der Waals surface area contributed by atoms with E-state index in [-0.39, 0.29) is 5.91 Å². The van der Waals surface area contributed by atoms with Crippen LogP contribution in [0.1, 0.15) is 22.6 Å². The Morgan fingerprint density at radius 2 is 1.96 bits per heavy atom. The lowest BCUT2D eigenvalue weighted by Crippen LogP contribution is -2.27. The summed E-state index contributed by atoms with van der Waals surface area (Å²) in [4.78, 5) is 11.7. The van der Waals surface area contributed by atoms with Gasteiger partial charge in [0.2, 0.25) is 5.91 Å². The Morgan fingerprint density at radius 1 is 1.26 bits per heavy atom. The Kier molecular flexibility index (Phi) is 6.15. The zero-order chi connectivity index (χ0) is 16.8. The van der Waals surface area contributed by atoms with Crippen LogP contribution in [0.2, 0.25) is 0 Å². The molecule has 0 aliphatic carbocycles. The minimum Gasteiger partial charge on any atom is -0.361 e. The van der Waals surface area contributed by atoms with Crippen LogP contribution in [0.3, 0.4) is 0 Å². The Hall–Kier alpha value is -1.89. The highest BCUT2D eigenvalue weighted by atomic mass is 32.2. The molecule has 0 fully saturated rings. The number of rotatable bonds is 7. The van der Waals surface area contributed by atoms with Gasteiger partial charge in [0.05, 0.1) is 11.4 Å². The molecule has 0 saturated carbocycles. The van der Waals surface area contributed by atoms with E-state index in [1.807, 2.05) is 13.8 Å². The number of nitrogens with zero attached hydrogens (tertiary/aromatic N) is 1. The van der Waals surface area contributed by atoms with Crippen LogP contribution in [0.15, 0.2) is 22.7 Å². The molecule has 4 nitrogen and oxygen atoms in total. The van der Waals surface area contributed by atoms with E-state index in [0.29, 0.717) is 30.0 Å². The van der Waals surface area contributed by atoms with E-state index >= 15 is 0 Å². The predicted molar refractivity (Wildman–Crippen MR) is 85.2 cm³/mol. The average Bonchev–Trinajstić information content (AvgIpc) is 2.78. The highest BCUT2D eigenvalue weighted by molar-refractivity contribution is 7.99. The fraction of sp³-hybridized carbons (Fsp3) is 0.375. The first-order valence-electron chi connectivity index (χ1n) is 7.17. The molecule has 0 aliphatic rings. The molecular formula is C16H18F2N2O2S. The summed E-state index contributed by atoms with van der Waals surface area (Å²) >= 11 is 1.47. The van der Waals surface area contributed by atoms with Crippen molar-refractivity contribution in [2.45, 2.75) is 26.0 Å². The number of aromatic nitrogens is 1. The van der Waals surface area contributed by atoms with Crippen molar-refractivity contribution in [1.82, 2.24) is 10.5 Å².